The molecule has 0 aliphatic carbocycles. The van der Waals surface area contributed by atoms with E-state index in [-0.39, 0.29) is 0 Å². The monoisotopic (exact) mass is 233 g/mol. The number of hydrogen-bond acceptors (Lipinski definition) is 4. The van der Waals surface area contributed by atoms with Gasteiger partial charge in [-0.1, -0.05) is 6.92 Å². The first kappa shape index (κ1) is 10.8. The molecule has 0 N–H and O–H groups in total. The normalized spacial score (nSPS) is 31.6. The van der Waals surface area contributed by atoms with Crippen LogP contribution in [0.3, 0.4) is 0 Å². The molecule has 2 aliphatic rings. The zero-order valence-electron chi connectivity index (χ0n) is 10.5. The van der Waals surface area contributed by atoms with Crippen LogP contribution in [0.25, 0.3) is 0 Å². The van der Waals surface area contributed by atoms with Crippen LogP contribution in [0.4, 0.5) is 5.82 Å². The number of methoxy groups -OCH3 is 1. The lowest BCUT2D eigenvalue weighted by Crippen LogP contribution is -2.42. The van der Waals surface area contributed by atoms with Crippen molar-refractivity contribution in [3.8, 4) is 5.88 Å². The zero-order chi connectivity index (χ0) is 11.8. The minimum Gasteiger partial charge on any atom is -0.481 e. The van der Waals surface area contributed by atoms with Gasteiger partial charge < -0.3 is 9.64 Å². The summed E-state index contributed by atoms with van der Waals surface area (Å²) in [5.74, 6) is 2.55. The molecule has 4 heteroatoms. The fourth-order valence-electron chi connectivity index (χ4n) is 3.41. The molecule has 1 aromatic heterocycles. The number of ether oxygens (including phenoxy) is 1. The van der Waals surface area contributed by atoms with Crippen molar-refractivity contribution >= 4 is 5.82 Å². The molecule has 3 rings (SSSR count). The first-order valence-electron chi connectivity index (χ1n) is 6.42. The average Bonchev–Trinajstić information content (AvgIpc) is 2.62. The summed E-state index contributed by atoms with van der Waals surface area (Å²) >= 11 is 0. The van der Waals surface area contributed by atoms with Crippen LogP contribution >= 0.6 is 0 Å². The maximum Gasteiger partial charge on any atom is 0.218 e. The summed E-state index contributed by atoms with van der Waals surface area (Å²) in [6, 6.07) is 3.30. The molecule has 2 atom stereocenters. The van der Waals surface area contributed by atoms with E-state index in [1.807, 2.05) is 6.07 Å². The summed E-state index contributed by atoms with van der Waals surface area (Å²) in [7, 11) is 1.65. The van der Waals surface area contributed by atoms with Gasteiger partial charge in [0.05, 0.1) is 7.11 Å². The number of fused-ring (bicyclic) bond motifs is 2. The number of anilines is 1. The maximum absolute atomic E-state index is 5.18. The van der Waals surface area contributed by atoms with Crippen LogP contribution in [-0.2, 0) is 0 Å². The van der Waals surface area contributed by atoms with Gasteiger partial charge in [0.25, 0.3) is 0 Å². The Kier molecular flexibility index (Phi) is 2.65. The van der Waals surface area contributed by atoms with E-state index >= 15 is 0 Å². The third-order valence-electron chi connectivity index (χ3n) is 4.07. The van der Waals surface area contributed by atoms with Crippen molar-refractivity contribution in [1.29, 1.82) is 0 Å². The molecule has 4 nitrogen and oxygen atoms in total. The van der Waals surface area contributed by atoms with Crippen LogP contribution in [0.15, 0.2) is 12.4 Å². The van der Waals surface area contributed by atoms with Gasteiger partial charge in [-0.05, 0) is 31.6 Å². The van der Waals surface area contributed by atoms with E-state index in [4.69, 9.17) is 4.74 Å². The highest BCUT2D eigenvalue weighted by atomic mass is 16.5. The summed E-state index contributed by atoms with van der Waals surface area (Å²) in [6.07, 6.45) is 6.81. The largest absolute Gasteiger partial charge is 0.481 e. The second-order valence-electron chi connectivity index (χ2n) is 5.29. The number of hydrogen-bond donors (Lipinski definition) is 0. The lowest BCUT2D eigenvalue weighted by Gasteiger charge is -2.38. The van der Waals surface area contributed by atoms with Crippen molar-refractivity contribution in [2.45, 2.75) is 44.7 Å². The van der Waals surface area contributed by atoms with Crippen molar-refractivity contribution < 1.29 is 4.74 Å². The van der Waals surface area contributed by atoms with E-state index in [1.54, 1.807) is 13.4 Å². The van der Waals surface area contributed by atoms with Crippen LogP contribution < -0.4 is 9.64 Å². The molecule has 92 valence electrons. The predicted molar refractivity (Wildman–Crippen MR) is 66.3 cm³/mol. The minimum absolute atomic E-state index is 0.660. The van der Waals surface area contributed by atoms with E-state index < -0.39 is 0 Å². The lowest BCUT2D eigenvalue weighted by molar-refractivity contribution is 0.359. The highest BCUT2D eigenvalue weighted by Crippen LogP contribution is 2.40. The van der Waals surface area contributed by atoms with Gasteiger partial charge in [-0.15, -0.1) is 0 Å². The molecule has 0 amide bonds. The van der Waals surface area contributed by atoms with Crippen molar-refractivity contribution in [3.05, 3.63) is 12.4 Å². The molecule has 0 saturated carbocycles. The lowest BCUT2D eigenvalue weighted by atomic mass is 9.92. The average molecular weight is 233 g/mol. The van der Waals surface area contributed by atoms with Gasteiger partial charge in [0.1, 0.15) is 12.1 Å². The van der Waals surface area contributed by atoms with Crippen LogP contribution in [0, 0.1) is 5.92 Å². The minimum atomic E-state index is 0.660. The van der Waals surface area contributed by atoms with E-state index in [0.29, 0.717) is 18.0 Å². The van der Waals surface area contributed by atoms with E-state index in [0.717, 1.165) is 11.7 Å². The molecule has 2 unspecified atom stereocenters. The second kappa shape index (κ2) is 4.17. The molecule has 2 aliphatic heterocycles. The van der Waals surface area contributed by atoms with Crippen LogP contribution in [0.5, 0.6) is 5.88 Å². The van der Waals surface area contributed by atoms with E-state index in [1.165, 1.54) is 25.7 Å². The number of rotatable bonds is 2. The second-order valence-corrected chi connectivity index (χ2v) is 5.29. The summed E-state index contributed by atoms with van der Waals surface area (Å²) < 4.78 is 5.18. The molecule has 3 heterocycles. The van der Waals surface area contributed by atoms with Crippen molar-refractivity contribution in [3.63, 3.8) is 0 Å². The Balaban J connectivity index is 1.89. The molecule has 2 fully saturated rings. The van der Waals surface area contributed by atoms with Gasteiger partial charge in [-0.25, -0.2) is 9.97 Å². The third-order valence-corrected chi connectivity index (χ3v) is 4.07. The van der Waals surface area contributed by atoms with Gasteiger partial charge in [-0.2, -0.15) is 0 Å². The van der Waals surface area contributed by atoms with Gasteiger partial charge in [0.2, 0.25) is 5.88 Å². The highest BCUT2D eigenvalue weighted by molar-refractivity contribution is 5.45. The molecule has 0 spiro atoms. The van der Waals surface area contributed by atoms with Crippen LogP contribution in [-0.4, -0.2) is 29.2 Å². The number of nitrogens with zero attached hydrogens (tertiary/aromatic N) is 3. The van der Waals surface area contributed by atoms with Gasteiger partial charge in [0, 0.05) is 18.2 Å². The van der Waals surface area contributed by atoms with Crippen molar-refractivity contribution in [2.24, 2.45) is 5.92 Å². The van der Waals surface area contributed by atoms with Crippen LogP contribution in [0.1, 0.15) is 32.6 Å². The molecule has 2 bridgehead atoms. The Bertz CT molecular complexity index is 395. The Labute approximate surface area is 102 Å². The van der Waals surface area contributed by atoms with Gasteiger partial charge in [-0.3, -0.25) is 0 Å². The zero-order valence-corrected chi connectivity index (χ0v) is 10.5. The quantitative estimate of drug-likeness (QED) is 0.785. The highest BCUT2D eigenvalue weighted by Gasteiger charge is 2.40. The maximum atomic E-state index is 5.18. The van der Waals surface area contributed by atoms with E-state index in [9.17, 15) is 0 Å². The number of aromatic nitrogens is 2. The number of piperidine rings is 1. The van der Waals surface area contributed by atoms with E-state index in [2.05, 4.69) is 21.8 Å². The topological polar surface area (TPSA) is 38.2 Å². The van der Waals surface area contributed by atoms with Crippen molar-refractivity contribution in [2.75, 3.05) is 12.0 Å². The Morgan fingerprint density at radius 2 is 1.94 bits per heavy atom. The molecule has 0 radical (unpaired) electrons. The first-order valence-corrected chi connectivity index (χ1v) is 6.42. The van der Waals surface area contributed by atoms with Crippen LogP contribution in [0.2, 0.25) is 0 Å². The summed E-state index contributed by atoms with van der Waals surface area (Å²) in [5, 5.41) is 0. The SMILES string of the molecule is COc1cc(N2C3CCC2CC(C)C3)ncn1. The van der Waals surface area contributed by atoms with Gasteiger partial charge in [0.15, 0.2) is 0 Å². The molecule has 1 aromatic rings. The fourth-order valence-corrected chi connectivity index (χ4v) is 3.41. The Hall–Kier alpha value is -1.32. The molecular weight excluding hydrogens is 214 g/mol. The predicted octanol–water partition coefficient (Wildman–Crippen LogP) is 2.25. The molecule has 2 saturated heterocycles. The smallest absolute Gasteiger partial charge is 0.218 e. The van der Waals surface area contributed by atoms with Gasteiger partial charge >= 0.3 is 0 Å². The standard InChI is InChI=1S/C13H19N3O/c1-9-5-10-3-4-11(6-9)16(10)12-7-13(17-2)15-8-14-12/h7-11H,3-6H2,1-2H3. The summed E-state index contributed by atoms with van der Waals surface area (Å²) in [6.45, 7) is 2.36. The van der Waals surface area contributed by atoms with Crippen molar-refractivity contribution in [1.82, 2.24) is 9.97 Å². The summed E-state index contributed by atoms with van der Waals surface area (Å²) in [5.41, 5.74) is 0. The molecular formula is C13H19N3O. The molecule has 17 heavy (non-hydrogen) atoms. The summed E-state index contributed by atoms with van der Waals surface area (Å²) in [4.78, 5) is 11.0. The third kappa shape index (κ3) is 1.85. The fraction of sp³-hybridized carbons (Fsp3) is 0.692. The first-order chi connectivity index (χ1) is 8.28. The Morgan fingerprint density at radius 3 is 2.59 bits per heavy atom. The Morgan fingerprint density at radius 1 is 1.24 bits per heavy atom. The molecule has 0 aromatic carbocycles.